The Hall–Kier alpha value is -0.830. The molecular formula is C12H14ClNO. The van der Waals surface area contributed by atoms with E-state index in [-0.39, 0.29) is 6.10 Å². The van der Waals surface area contributed by atoms with Crippen LogP contribution in [-0.4, -0.2) is 25.8 Å². The normalized spacial score (nSPS) is 22.1. The molecule has 0 bridgehead atoms. The lowest BCUT2D eigenvalue weighted by Crippen LogP contribution is -2.37. The van der Waals surface area contributed by atoms with E-state index in [1.54, 1.807) is 0 Å². The van der Waals surface area contributed by atoms with Crippen molar-refractivity contribution in [2.45, 2.75) is 6.10 Å². The molecule has 0 aliphatic carbocycles. The van der Waals surface area contributed by atoms with Gasteiger partial charge in [0.25, 0.3) is 0 Å². The van der Waals surface area contributed by atoms with Gasteiger partial charge in [-0.05, 0) is 17.7 Å². The van der Waals surface area contributed by atoms with Crippen LogP contribution in [0, 0.1) is 0 Å². The van der Waals surface area contributed by atoms with Gasteiger partial charge in [0, 0.05) is 18.1 Å². The Balaban J connectivity index is 1.95. The molecule has 1 atom stereocenters. The highest BCUT2D eigenvalue weighted by molar-refractivity contribution is 6.30. The molecule has 1 N–H and O–H groups in total. The fraction of sp³-hybridized carbons (Fsp3) is 0.333. The molecule has 3 heteroatoms. The van der Waals surface area contributed by atoms with E-state index < -0.39 is 0 Å². The van der Waals surface area contributed by atoms with E-state index >= 15 is 0 Å². The van der Waals surface area contributed by atoms with Crippen molar-refractivity contribution in [3.63, 3.8) is 0 Å². The van der Waals surface area contributed by atoms with Crippen LogP contribution in [0.4, 0.5) is 0 Å². The van der Waals surface area contributed by atoms with E-state index in [1.165, 1.54) is 0 Å². The maximum atomic E-state index is 5.80. The van der Waals surface area contributed by atoms with Crippen LogP contribution in [0.1, 0.15) is 5.56 Å². The second-order valence-corrected chi connectivity index (χ2v) is 3.96. The summed E-state index contributed by atoms with van der Waals surface area (Å²) in [7, 11) is 0. The highest BCUT2D eigenvalue weighted by Crippen LogP contribution is 2.11. The van der Waals surface area contributed by atoms with Gasteiger partial charge in [0.15, 0.2) is 0 Å². The zero-order valence-corrected chi connectivity index (χ0v) is 9.20. The van der Waals surface area contributed by atoms with Crippen molar-refractivity contribution in [2.75, 3.05) is 19.7 Å². The molecular weight excluding hydrogens is 210 g/mol. The first-order valence-corrected chi connectivity index (χ1v) is 5.48. The van der Waals surface area contributed by atoms with Crippen LogP contribution in [0.25, 0.3) is 6.08 Å². The van der Waals surface area contributed by atoms with Gasteiger partial charge < -0.3 is 10.1 Å². The third kappa shape index (κ3) is 3.34. The maximum absolute atomic E-state index is 5.80. The monoisotopic (exact) mass is 223 g/mol. The number of halogens is 1. The lowest BCUT2D eigenvalue weighted by Gasteiger charge is -2.20. The van der Waals surface area contributed by atoms with Crippen LogP contribution < -0.4 is 5.32 Å². The Labute approximate surface area is 94.9 Å². The predicted octanol–water partition coefficient (Wildman–Crippen LogP) is 2.34. The van der Waals surface area contributed by atoms with Crippen LogP contribution in [0.2, 0.25) is 5.02 Å². The van der Waals surface area contributed by atoms with Gasteiger partial charge in [-0.15, -0.1) is 0 Å². The Morgan fingerprint density at radius 1 is 1.33 bits per heavy atom. The number of ether oxygens (including phenoxy) is 1. The summed E-state index contributed by atoms with van der Waals surface area (Å²) >= 11 is 5.80. The molecule has 0 aromatic heterocycles. The van der Waals surface area contributed by atoms with Crippen LogP contribution in [0.15, 0.2) is 30.3 Å². The largest absolute Gasteiger partial charge is 0.371 e. The minimum Gasteiger partial charge on any atom is -0.371 e. The smallest absolute Gasteiger partial charge is 0.0884 e. The molecule has 80 valence electrons. The summed E-state index contributed by atoms with van der Waals surface area (Å²) in [5, 5.41) is 4.05. The SMILES string of the molecule is Clc1ccc(/C=C/C2CNCCO2)cc1. The maximum Gasteiger partial charge on any atom is 0.0884 e. The molecule has 1 aromatic carbocycles. The quantitative estimate of drug-likeness (QED) is 0.831. The van der Waals surface area contributed by atoms with Crippen molar-refractivity contribution < 1.29 is 4.74 Å². The average Bonchev–Trinajstić information content (AvgIpc) is 2.30. The van der Waals surface area contributed by atoms with Crippen LogP contribution in [0.3, 0.4) is 0 Å². The van der Waals surface area contributed by atoms with Crippen LogP contribution in [-0.2, 0) is 4.74 Å². The van der Waals surface area contributed by atoms with Crippen molar-refractivity contribution in [2.24, 2.45) is 0 Å². The molecule has 2 rings (SSSR count). The molecule has 2 nitrogen and oxygen atoms in total. The average molecular weight is 224 g/mol. The van der Waals surface area contributed by atoms with Gasteiger partial charge in [0.05, 0.1) is 12.7 Å². The zero-order chi connectivity index (χ0) is 10.5. The highest BCUT2D eigenvalue weighted by Gasteiger charge is 2.08. The minimum atomic E-state index is 0.189. The fourth-order valence-corrected chi connectivity index (χ4v) is 1.63. The third-order valence-corrected chi connectivity index (χ3v) is 2.58. The first-order chi connectivity index (χ1) is 7.34. The van der Waals surface area contributed by atoms with Gasteiger partial charge in [0.2, 0.25) is 0 Å². The molecule has 15 heavy (non-hydrogen) atoms. The molecule has 1 heterocycles. The Bertz CT molecular complexity index is 328. The van der Waals surface area contributed by atoms with Gasteiger partial charge in [-0.2, -0.15) is 0 Å². The van der Waals surface area contributed by atoms with Crippen molar-refractivity contribution in [3.8, 4) is 0 Å². The highest BCUT2D eigenvalue weighted by atomic mass is 35.5. The van der Waals surface area contributed by atoms with Crippen LogP contribution in [0.5, 0.6) is 0 Å². The molecule has 0 spiro atoms. The van der Waals surface area contributed by atoms with E-state index in [0.29, 0.717) is 0 Å². The summed E-state index contributed by atoms with van der Waals surface area (Å²) in [6, 6.07) is 7.77. The van der Waals surface area contributed by atoms with Gasteiger partial charge in [-0.3, -0.25) is 0 Å². The van der Waals surface area contributed by atoms with Crippen molar-refractivity contribution in [1.29, 1.82) is 0 Å². The molecule has 0 radical (unpaired) electrons. The molecule has 1 unspecified atom stereocenters. The molecule has 1 aromatic rings. The van der Waals surface area contributed by atoms with Crippen LogP contribution >= 0.6 is 11.6 Å². The summed E-state index contributed by atoms with van der Waals surface area (Å²) in [6.45, 7) is 2.63. The van der Waals surface area contributed by atoms with Gasteiger partial charge in [-0.25, -0.2) is 0 Å². The van der Waals surface area contributed by atoms with E-state index in [0.717, 1.165) is 30.3 Å². The van der Waals surface area contributed by atoms with Crippen molar-refractivity contribution in [1.82, 2.24) is 5.32 Å². The number of nitrogens with one attached hydrogen (secondary N) is 1. The van der Waals surface area contributed by atoms with Crippen molar-refractivity contribution >= 4 is 17.7 Å². The molecule has 0 amide bonds. The predicted molar refractivity (Wildman–Crippen MR) is 63.1 cm³/mol. The lowest BCUT2D eigenvalue weighted by molar-refractivity contribution is 0.0596. The summed E-state index contributed by atoms with van der Waals surface area (Å²) in [5.74, 6) is 0. The number of hydrogen-bond acceptors (Lipinski definition) is 2. The number of morpholine rings is 1. The lowest BCUT2D eigenvalue weighted by atomic mass is 10.2. The standard InChI is InChI=1S/C12H14ClNO/c13-11-4-1-10(2-5-11)3-6-12-9-14-7-8-15-12/h1-6,12,14H,7-9H2/b6-3+. The first-order valence-electron chi connectivity index (χ1n) is 5.11. The summed E-state index contributed by atoms with van der Waals surface area (Å²) < 4.78 is 5.55. The number of rotatable bonds is 2. The number of benzene rings is 1. The van der Waals surface area contributed by atoms with Gasteiger partial charge >= 0.3 is 0 Å². The summed E-state index contributed by atoms with van der Waals surface area (Å²) in [4.78, 5) is 0. The Kier molecular flexibility index (Phi) is 3.78. The molecule has 1 fully saturated rings. The van der Waals surface area contributed by atoms with Gasteiger partial charge in [0.1, 0.15) is 0 Å². The minimum absolute atomic E-state index is 0.189. The Morgan fingerprint density at radius 2 is 2.13 bits per heavy atom. The second-order valence-electron chi connectivity index (χ2n) is 3.52. The third-order valence-electron chi connectivity index (χ3n) is 2.33. The van der Waals surface area contributed by atoms with E-state index in [1.807, 2.05) is 24.3 Å². The van der Waals surface area contributed by atoms with E-state index in [2.05, 4.69) is 17.5 Å². The molecule has 1 saturated heterocycles. The first kappa shape index (κ1) is 10.7. The molecule has 0 saturated carbocycles. The topological polar surface area (TPSA) is 21.3 Å². The van der Waals surface area contributed by atoms with E-state index in [4.69, 9.17) is 16.3 Å². The molecule has 1 aliphatic heterocycles. The summed E-state index contributed by atoms with van der Waals surface area (Å²) in [6.07, 6.45) is 4.33. The number of hydrogen-bond donors (Lipinski definition) is 1. The zero-order valence-electron chi connectivity index (χ0n) is 8.45. The second kappa shape index (κ2) is 5.31. The molecule has 1 aliphatic rings. The van der Waals surface area contributed by atoms with Gasteiger partial charge in [-0.1, -0.05) is 35.9 Å². The summed E-state index contributed by atoms with van der Waals surface area (Å²) in [5.41, 5.74) is 1.15. The van der Waals surface area contributed by atoms with E-state index in [9.17, 15) is 0 Å². The Morgan fingerprint density at radius 3 is 2.80 bits per heavy atom. The van der Waals surface area contributed by atoms with Crippen molar-refractivity contribution in [3.05, 3.63) is 40.9 Å². The fourth-order valence-electron chi connectivity index (χ4n) is 1.50.